The Morgan fingerprint density at radius 2 is 2.00 bits per heavy atom. The van der Waals surface area contributed by atoms with Gasteiger partial charge in [0, 0.05) is 11.3 Å². The molecule has 1 aliphatic rings. The average Bonchev–Trinajstić information content (AvgIpc) is 2.04. The molecule has 0 heterocycles. The van der Waals surface area contributed by atoms with Gasteiger partial charge in [-0.2, -0.15) is 0 Å². The molecule has 1 fully saturated rings. The zero-order valence-electron chi connectivity index (χ0n) is 6.65. The van der Waals surface area contributed by atoms with Crippen LogP contribution in [-0.2, 0) is 11.1 Å². The first kappa shape index (κ1) is 10.4. The van der Waals surface area contributed by atoms with E-state index in [1.54, 1.807) is 0 Å². The van der Waals surface area contributed by atoms with Gasteiger partial charge >= 0.3 is 0 Å². The van der Waals surface area contributed by atoms with Gasteiger partial charge in [0.05, 0.1) is 0 Å². The maximum atomic E-state index is 10.5. The lowest BCUT2D eigenvalue weighted by Crippen LogP contribution is -2.34. The van der Waals surface area contributed by atoms with Gasteiger partial charge < -0.3 is 9.66 Å². The van der Waals surface area contributed by atoms with Crippen molar-refractivity contribution in [2.75, 3.05) is 0 Å². The fourth-order valence-corrected chi connectivity index (χ4v) is 2.71. The number of aliphatic hydroxyl groups is 1. The van der Waals surface area contributed by atoms with Crippen LogP contribution in [0.2, 0.25) is 0 Å². The summed E-state index contributed by atoms with van der Waals surface area (Å²) >= 11 is 3.76. The van der Waals surface area contributed by atoms with E-state index in [2.05, 4.69) is 0 Å². The SMILES string of the molecule is O=S(O)C(O)C1CCCCC1Cl. The van der Waals surface area contributed by atoms with Gasteiger partial charge in [0.25, 0.3) is 0 Å². The number of halogens is 1. The fraction of sp³-hybridized carbons (Fsp3) is 1.00. The lowest BCUT2D eigenvalue weighted by molar-refractivity contribution is 0.150. The number of rotatable bonds is 2. The molecule has 0 radical (unpaired) electrons. The molecule has 0 aliphatic heterocycles. The second-order valence-corrected chi connectivity index (χ2v) is 4.73. The van der Waals surface area contributed by atoms with Crippen molar-refractivity contribution in [3.8, 4) is 0 Å². The average molecular weight is 213 g/mol. The van der Waals surface area contributed by atoms with Gasteiger partial charge in [0.15, 0.2) is 16.5 Å². The summed E-state index contributed by atoms with van der Waals surface area (Å²) in [5.74, 6) is -0.216. The van der Waals surface area contributed by atoms with Crippen LogP contribution >= 0.6 is 11.6 Å². The molecule has 1 saturated carbocycles. The Hall–Kier alpha value is 0.360. The molecule has 0 aromatic carbocycles. The van der Waals surface area contributed by atoms with E-state index in [0.717, 1.165) is 25.7 Å². The van der Waals surface area contributed by atoms with Crippen LogP contribution in [-0.4, -0.2) is 24.7 Å². The molecular formula is C7H13ClO3S. The minimum Gasteiger partial charge on any atom is -0.377 e. The Labute approximate surface area is 79.4 Å². The smallest absolute Gasteiger partial charge is 0.182 e. The van der Waals surface area contributed by atoms with Gasteiger partial charge in [-0.05, 0) is 12.8 Å². The van der Waals surface area contributed by atoms with Crippen molar-refractivity contribution in [2.24, 2.45) is 5.92 Å². The van der Waals surface area contributed by atoms with Crippen molar-refractivity contribution < 1.29 is 13.9 Å². The van der Waals surface area contributed by atoms with Crippen LogP contribution in [0.4, 0.5) is 0 Å². The van der Waals surface area contributed by atoms with Crippen LogP contribution in [0, 0.1) is 5.92 Å². The first-order valence-corrected chi connectivity index (χ1v) is 5.65. The van der Waals surface area contributed by atoms with Gasteiger partial charge in [-0.1, -0.05) is 12.8 Å². The fourth-order valence-electron chi connectivity index (χ4n) is 1.59. The summed E-state index contributed by atoms with van der Waals surface area (Å²) in [7, 11) is 0. The lowest BCUT2D eigenvalue weighted by Gasteiger charge is -2.28. The molecule has 0 spiro atoms. The minimum absolute atomic E-state index is 0.148. The molecule has 3 nitrogen and oxygen atoms in total. The maximum absolute atomic E-state index is 10.5. The first-order chi connectivity index (χ1) is 5.63. The molecular weight excluding hydrogens is 200 g/mol. The van der Waals surface area contributed by atoms with E-state index in [9.17, 15) is 9.32 Å². The van der Waals surface area contributed by atoms with E-state index < -0.39 is 16.5 Å². The summed E-state index contributed by atoms with van der Waals surface area (Å²) in [6, 6.07) is 0. The predicted molar refractivity (Wildman–Crippen MR) is 48.4 cm³/mol. The Kier molecular flexibility index (Phi) is 3.96. The molecule has 2 N–H and O–H groups in total. The summed E-state index contributed by atoms with van der Waals surface area (Å²) in [5.41, 5.74) is -1.17. The third kappa shape index (κ3) is 2.42. The zero-order valence-corrected chi connectivity index (χ0v) is 8.22. The highest BCUT2D eigenvalue weighted by Gasteiger charge is 2.32. The first-order valence-electron chi connectivity index (χ1n) is 4.04. The standard InChI is InChI=1S/C7H13ClO3S/c8-6-4-2-1-3-5(6)7(9)12(10)11/h5-7,9H,1-4H2,(H,10,11). The highest BCUT2D eigenvalue weighted by atomic mass is 35.5. The molecule has 4 unspecified atom stereocenters. The highest BCUT2D eigenvalue weighted by Crippen LogP contribution is 2.31. The van der Waals surface area contributed by atoms with E-state index in [4.69, 9.17) is 16.2 Å². The van der Waals surface area contributed by atoms with Crippen molar-refractivity contribution >= 4 is 22.7 Å². The molecule has 0 bridgehead atoms. The normalized spacial score (nSPS) is 35.9. The lowest BCUT2D eigenvalue weighted by atomic mass is 9.89. The topological polar surface area (TPSA) is 57.5 Å². The van der Waals surface area contributed by atoms with Crippen molar-refractivity contribution in [3.05, 3.63) is 0 Å². The maximum Gasteiger partial charge on any atom is 0.182 e. The number of aliphatic hydroxyl groups excluding tert-OH is 1. The van der Waals surface area contributed by atoms with Crippen molar-refractivity contribution in [2.45, 2.75) is 36.5 Å². The Balaban J connectivity index is 2.53. The Morgan fingerprint density at radius 3 is 2.50 bits per heavy atom. The Bertz CT molecular complexity index is 176. The predicted octanol–water partition coefficient (Wildman–Crippen LogP) is 1.32. The van der Waals surface area contributed by atoms with E-state index in [1.165, 1.54) is 0 Å². The summed E-state index contributed by atoms with van der Waals surface area (Å²) in [4.78, 5) is 0. The third-order valence-corrected chi connectivity index (χ3v) is 3.61. The van der Waals surface area contributed by atoms with Crippen LogP contribution in [0.5, 0.6) is 0 Å². The van der Waals surface area contributed by atoms with Crippen LogP contribution in [0.15, 0.2) is 0 Å². The summed E-state index contributed by atoms with van der Waals surface area (Å²) < 4.78 is 19.2. The monoisotopic (exact) mass is 212 g/mol. The quantitative estimate of drug-likeness (QED) is 0.536. The number of hydrogen-bond acceptors (Lipinski definition) is 2. The third-order valence-electron chi connectivity index (χ3n) is 2.30. The molecule has 0 aromatic heterocycles. The van der Waals surface area contributed by atoms with Crippen LogP contribution < -0.4 is 0 Å². The van der Waals surface area contributed by atoms with Crippen molar-refractivity contribution in [1.82, 2.24) is 0 Å². The van der Waals surface area contributed by atoms with Crippen molar-refractivity contribution in [1.29, 1.82) is 0 Å². The molecule has 72 valence electrons. The van der Waals surface area contributed by atoms with E-state index >= 15 is 0 Å². The van der Waals surface area contributed by atoms with Crippen LogP contribution in [0.25, 0.3) is 0 Å². The van der Waals surface area contributed by atoms with E-state index in [-0.39, 0.29) is 11.3 Å². The summed E-state index contributed by atoms with van der Waals surface area (Å²) in [6.45, 7) is 0. The van der Waals surface area contributed by atoms with Gasteiger partial charge in [-0.3, -0.25) is 0 Å². The Morgan fingerprint density at radius 1 is 1.42 bits per heavy atom. The number of alkyl halides is 1. The van der Waals surface area contributed by atoms with Crippen LogP contribution in [0.3, 0.4) is 0 Å². The molecule has 12 heavy (non-hydrogen) atoms. The molecule has 0 aromatic rings. The molecule has 0 saturated heterocycles. The van der Waals surface area contributed by atoms with Crippen molar-refractivity contribution in [3.63, 3.8) is 0 Å². The van der Waals surface area contributed by atoms with Crippen LogP contribution in [0.1, 0.15) is 25.7 Å². The molecule has 1 rings (SSSR count). The van der Waals surface area contributed by atoms with Gasteiger partial charge in [0.2, 0.25) is 0 Å². The minimum atomic E-state index is -2.16. The van der Waals surface area contributed by atoms with Gasteiger partial charge in [-0.15, -0.1) is 11.6 Å². The van der Waals surface area contributed by atoms with Gasteiger partial charge in [0.1, 0.15) is 0 Å². The number of hydrogen-bond donors (Lipinski definition) is 2. The molecule has 0 amide bonds. The molecule has 4 atom stereocenters. The summed E-state index contributed by atoms with van der Waals surface area (Å²) in [5, 5.41) is 9.14. The second-order valence-electron chi connectivity index (χ2n) is 3.13. The summed E-state index contributed by atoms with van der Waals surface area (Å²) in [6.07, 6.45) is 3.62. The van der Waals surface area contributed by atoms with Gasteiger partial charge in [-0.25, -0.2) is 4.21 Å². The second kappa shape index (κ2) is 4.56. The zero-order chi connectivity index (χ0) is 9.14. The molecule has 5 heteroatoms. The van der Waals surface area contributed by atoms with E-state index in [1.807, 2.05) is 0 Å². The largest absolute Gasteiger partial charge is 0.377 e. The van der Waals surface area contributed by atoms with E-state index in [0.29, 0.717) is 0 Å². The highest BCUT2D eigenvalue weighted by molar-refractivity contribution is 7.79. The molecule has 1 aliphatic carbocycles.